The van der Waals surface area contributed by atoms with Gasteiger partial charge in [0.25, 0.3) is 0 Å². The summed E-state index contributed by atoms with van der Waals surface area (Å²) in [7, 11) is 0. The highest BCUT2D eigenvalue weighted by atomic mass is 32.1. The van der Waals surface area contributed by atoms with Crippen LogP contribution in [0.1, 0.15) is 46.2 Å². The van der Waals surface area contributed by atoms with Crippen LogP contribution in [0.4, 0.5) is 0 Å². The van der Waals surface area contributed by atoms with Gasteiger partial charge in [0.1, 0.15) is 6.10 Å². The standard InChI is InChI=1S/C13H19NOS/c14-8-11-13-10(4-1-2-7-15-11)9-5-3-6-12(9)16-13/h11H,1-8,14H2. The molecule has 2 N–H and O–H groups in total. The Bertz CT molecular complexity index is 386. The molecule has 1 aliphatic heterocycles. The van der Waals surface area contributed by atoms with Gasteiger partial charge >= 0.3 is 0 Å². The molecule has 1 aromatic rings. The van der Waals surface area contributed by atoms with E-state index in [1.165, 1.54) is 43.4 Å². The Hall–Kier alpha value is -0.380. The molecule has 1 aliphatic carbocycles. The second kappa shape index (κ2) is 4.47. The van der Waals surface area contributed by atoms with Gasteiger partial charge in [-0.1, -0.05) is 0 Å². The fraction of sp³-hybridized carbons (Fsp3) is 0.692. The molecule has 2 aliphatic rings. The summed E-state index contributed by atoms with van der Waals surface area (Å²) in [6.07, 6.45) is 7.80. The highest BCUT2D eigenvalue weighted by Gasteiger charge is 2.26. The minimum atomic E-state index is 0.172. The van der Waals surface area contributed by atoms with Crippen LogP contribution >= 0.6 is 11.3 Å². The highest BCUT2D eigenvalue weighted by molar-refractivity contribution is 7.12. The number of fused-ring (bicyclic) bond motifs is 3. The van der Waals surface area contributed by atoms with Crippen molar-refractivity contribution in [1.82, 2.24) is 0 Å². The summed E-state index contributed by atoms with van der Waals surface area (Å²) >= 11 is 1.97. The summed E-state index contributed by atoms with van der Waals surface area (Å²) in [5, 5.41) is 0. The molecular formula is C13H19NOS. The zero-order chi connectivity index (χ0) is 11.0. The minimum absolute atomic E-state index is 0.172. The summed E-state index contributed by atoms with van der Waals surface area (Å²) in [4.78, 5) is 3.07. The maximum Gasteiger partial charge on any atom is 0.104 e. The predicted molar refractivity (Wildman–Crippen MR) is 67.0 cm³/mol. The Balaban J connectivity index is 2.02. The zero-order valence-corrected chi connectivity index (χ0v) is 10.4. The summed E-state index contributed by atoms with van der Waals surface area (Å²) in [6, 6.07) is 0. The fourth-order valence-electron chi connectivity index (χ4n) is 2.91. The second-order valence-electron chi connectivity index (χ2n) is 4.75. The molecule has 0 amide bonds. The molecule has 0 bridgehead atoms. The first-order chi connectivity index (χ1) is 7.90. The lowest BCUT2D eigenvalue weighted by Crippen LogP contribution is -2.18. The molecule has 0 aromatic carbocycles. The van der Waals surface area contributed by atoms with Gasteiger partial charge in [0, 0.05) is 22.9 Å². The van der Waals surface area contributed by atoms with Gasteiger partial charge in [-0.25, -0.2) is 0 Å². The van der Waals surface area contributed by atoms with E-state index in [-0.39, 0.29) is 6.10 Å². The SMILES string of the molecule is NCC1OCCCCc2c1sc1c2CCC1. The van der Waals surface area contributed by atoms with Crippen molar-refractivity contribution < 1.29 is 4.74 Å². The van der Waals surface area contributed by atoms with Crippen LogP contribution in [0.3, 0.4) is 0 Å². The van der Waals surface area contributed by atoms with Gasteiger partial charge < -0.3 is 10.5 Å². The largest absolute Gasteiger partial charge is 0.371 e. The lowest BCUT2D eigenvalue weighted by atomic mass is 9.99. The highest BCUT2D eigenvalue weighted by Crippen LogP contribution is 2.40. The van der Waals surface area contributed by atoms with Gasteiger partial charge in [0.15, 0.2) is 0 Å². The van der Waals surface area contributed by atoms with Crippen LogP contribution in [0.2, 0.25) is 0 Å². The number of hydrogen-bond acceptors (Lipinski definition) is 3. The summed E-state index contributed by atoms with van der Waals surface area (Å²) in [6.45, 7) is 1.51. The number of aryl methyl sites for hydroxylation is 1. The molecule has 88 valence electrons. The predicted octanol–water partition coefficient (Wildman–Crippen LogP) is 2.59. The molecule has 1 aromatic heterocycles. The molecule has 3 heteroatoms. The van der Waals surface area contributed by atoms with Gasteiger partial charge in [-0.05, 0) is 49.7 Å². The molecule has 2 nitrogen and oxygen atoms in total. The van der Waals surface area contributed by atoms with E-state index in [9.17, 15) is 0 Å². The summed E-state index contributed by atoms with van der Waals surface area (Å²) in [5.74, 6) is 0. The molecule has 16 heavy (non-hydrogen) atoms. The molecule has 0 fully saturated rings. The van der Waals surface area contributed by atoms with Crippen molar-refractivity contribution in [3.8, 4) is 0 Å². The van der Waals surface area contributed by atoms with E-state index in [0.717, 1.165) is 6.61 Å². The number of thiophene rings is 1. The molecule has 0 spiro atoms. The fourth-order valence-corrected chi connectivity index (χ4v) is 4.41. The lowest BCUT2D eigenvalue weighted by molar-refractivity contribution is 0.0549. The Morgan fingerprint density at radius 2 is 2.00 bits per heavy atom. The Labute approximate surface area is 101 Å². The van der Waals surface area contributed by atoms with Crippen LogP contribution in [0.25, 0.3) is 0 Å². The third-order valence-corrected chi connectivity index (χ3v) is 5.13. The number of nitrogens with two attached hydrogens (primary N) is 1. The average molecular weight is 237 g/mol. The molecule has 0 saturated carbocycles. The van der Waals surface area contributed by atoms with E-state index < -0.39 is 0 Å². The quantitative estimate of drug-likeness (QED) is 0.815. The van der Waals surface area contributed by atoms with Crippen molar-refractivity contribution in [1.29, 1.82) is 0 Å². The normalized spacial score (nSPS) is 24.7. The number of hydrogen-bond donors (Lipinski definition) is 1. The van der Waals surface area contributed by atoms with Gasteiger partial charge in [-0.15, -0.1) is 11.3 Å². The maximum absolute atomic E-state index is 5.88. The van der Waals surface area contributed by atoms with Crippen molar-refractivity contribution in [2.75, 3.05) is 13.2 Å². The van der Waals surface area contributed by atoms with Gasteiger partial charge in [-0.3, -0.25) is 0 Å². The molecular weight excluding hydrogens is 218 g/mol. The van der Waals surface area contributed by atoms with Crippen molar-refractivity contribution in [3.05, 3.63) is 20.9 Å². The van der Waals surface area contributed by atoms with Crippen LogP contribution in [-0.4, -0.2) is 13.2 Å². The molecule has 1 atom stereocenters. The molecule has 3 rings (SSSR count). The van der Waals surface area contributed by atoms with Crippen molar-refractivity contribution in [2.24, 2.45) is 5.73 Å². The Morgan fingerprint density at radius 3 is 2.88 bits per heavy atom. The van der Waals surface area contributed by atoms with E-state index in [0.29, 0.717) is 6.54 Å². The van der Waals surface area contributed by atoms with Gasteiger partial charge in [-0.2, -0.15) is 0 Å². The van der Waals surface area contributed by atoms with Crippen molar-refractivity contribution >= 4 is 11.3 Å². The maximum atomic E-state index is 5.88. The van der Waals surface area contributed by atoms with Gasteiger partial charge in [0.2, 0.25) is 0 Å². The monoisotopic (exact) mass is 237 g/mol. The smallest absolute Gasteiger partial charge is 0.104 e. The molecule has 1 unspecified atom stereocenters. The van der Waals surface area contributed by atoms with Crippen LogP contribution in [-0.2, 0) is 24.0 Å². The van der Waals surface area contributed by atoms with E-state index >= 15 is 0 Å². The zero-order valence-electron chi connectivity index (χ0n) is 9.63. The molecule has 2 heterocycles. The van der Waals surface area contributed by atoms with Crippen LogP contribution in [0.5, 0.6) is 0 Å². The number of ether oxygens (including phenoxy) is 1. The molecule has 0 saturated heterocycles. The first-order valence-electron chi connectivity index (χ1n) is 6.35. The van der Waals surface area contributed by atoms with Crippen LogP contribution in [0.15, 0.2) is 0 Å². The van der Waals surface area contributed by atoms with E-state index in [2.05, 4.69) is 0 Å². The van der Waals surface area contributed by atoms with Gasteiger partial charge in [0.05, 0.1) is 0 Å². The van der Waals surface area contributed by atoms with Crippen molar-refractivity contribution in [3.63, 3.8) is 0 Å². The topological polar surface area (TPSA) is 35.2 Å². The van der Waals surface area contributed by atoms with E-state index in [1.807, 2.05) is 11.3 Å². The minimum Gasteiger partial charge on any atom is -0.371 e. The summed E-state index contributed by atoms with van der Waals surface area (Å²) in [5.41, 5.74) is 9.10. The van der Waals surface area contributed by atoms with Crippen LogP contribution < -0.4 is 5.73 Å². The first kappa shape index (κ1) is 10.8. The van der Waals surface area contributed by atoms with E-state index in [4.69, 9.17) is 10.5 Å². The second-order valence-corrected chi connectivity index (χ2v) is 5.89. The van der Waals surface area contributed by atoms with Crippen LogP contribution in [0, 0.1) is 0 Å². The third kappa shape index (κ3) is 1.71. The third-order valence-electron chi connectivity index (χ3n) is 3.71. The first-order valence-corrected chi connectivity index (χ1v) is 7.16. The summed E-state index contributed by atoms with van der Waals surface area (Å²) < 4.78 is 5.88. The van der Waals surface area contributed by atoms with Crippen molar-refractivity contribution in [2.45, 2.75) is 44.6 Å². The van der Waals surface area contributed by atoms with E-state index in [1.54, 1.807) is 16.0 Å². The Kier molecular flexibility index (Phi) is 3.01. The number of rotatable bonds is 1. The average Bonchev–Trinajstić information content (AvgIpc) is 2.81. The molecule has 0 radical (unpaired) electrons. The lowest BCUT2D eigenvalue weighted by Gasteiger charge is -2.20. The Morgan fingerprint density at radius 1 is 1.12 bits per heavy atom.